The number of carbonyl (C=O) groups is 1. The molecule has 0 atom stereocenters. The van der Waals surface area contributed by atoms with Crippen molar-refractivity contribution in [2.24, 2.45) is 14.1 Å². The van der Waals surface area contributed by atoms with Crippen molar-refractivity contribution in [3.8, 4) is 11.3 Å². The fraction of sp³-hybridized carbons (Fsp3) is 0.200. The number of benzene rings is 1. The van der Waals surface area contributed by atoms with Crippen molar-refractivity contribution in [2.75, 3.05) is 0 Å². The maximum Gasteiger partial charge on any atom is 0.255 e. The zero-order valence-corrected chi connectivity index (χ0v) is 15.8. The molecule has 3 aromatic heterocycles. The quantitative estimate of drug-likeness (QED) is 0.559. The summed E-state index contributed by atoms with van der Waals surface area (Å²) in [5.41, 5.74) is 4.14. The van der Waals surface area contributed by atoms with Gasteiger partial charge in [-0.1, -0.05) is 24.3 Å². The molecule has 0 radical (unpaired) electrons. The number of rotatable bonds is 6. The average Bonchev–Trinajstić information content (AvgIpc) is 3.41. The van der Waals surface area contributed by atoms with E-state index >= 15 is 0 Å². The van der Waals surface area contributed by atoms with Crippen LogP contribution in [-0.2, 0) is 27.2 Å². The van der Waals surface area contributed by atoms with Gasteiger partial charge in [0.15, 0.2) is 0 Å². The van der Waals surface area contributed by atoms with Gasteiger partial charge in [0.1, 0.15) is 5.69 Å². The van der Waals surface area contributed by atoms with Crippen LogP contribution in [0.2, 0.25) is 0 Å². The highest BCUT2D eigenvalue weighted by molar-refractivity contribution is 5.99. The number of amides is 1. The molecule has 0 aliphatic heterocycles. The lowest BCUT2D eigenvalue weighted by molar-refractivity contribution is 0.0951. The lowest BCUT2D eigenvalue weighted by atomic mass is 10.1. The third-order valence-corrected chi connectivity index (χ3v) is 4.40. The second-order valence-electron chi connectivity index (χ2n) is 6.67. The molecule has 0 bridgehead atoms. The van der Waals surface area contributed by atoms with Gasteiger partial charge in [0.25, 0.3) is 5.91 Å². The molecule has 1 amide bonds. The van der Waals surface area contributed by atoms with Gasteiger partial charge in [-0.15, -0.1) is 0 Å². The van der Waals surface area contributed by atoms with Gasteiger partial charge in [0, 0.05) is 51.0 Å². The monoisotopic (exact) mass is 375 g/mol. The molecule has 142 valence electrons. The Morgan fingerprint density at radius 1 is 1.07 bits per heavy atom. The molecule has 4 aromatic rings. The second kappa shape index (κ2) is 7.51. The number of hydrogen-bond acceptors (Lipinski definition) is 4. The first-order valence-electron chi connectivity index (χ1n) is 8.94. The Morgan fingerprint density at radius 3 is 2.68 bits per heavy atom. The van der Waals surface area contributed by atoms with Crippen molar-refractivity contribution in [1.29, 1.82) is 0 Å². The summed E-state index contributed by atoms with van der Waals surface area (Å²) < 4.78 is 5.20. The molecule has 8 heteroatoms. The maximum atomic E-state index is 12.8. The molecule has 0 fully saturated rings. The second-order valence-corrected chi connectivity index (χ2v) is 6.67. The summed E-state index contributed by atoms with van der Waals surface area (Å²) >= 11 is 0. The summed E-state index contributed by atoms with van der Waals surface area (Å²) in [6.45, 7) is 1.13. The van der Waals surface area contributed by atoms with Gasteiger partial charge >= 0.3 is 0 Å². The molecule has 1 aromatic carbocycles. The van der Waals surface area contributed by atoms with E-state index in [-0.39, 0.29) is 5.91 Å². The molecule has 0 unspecified atom stereocenters. The molecule has 0 spiro atoms. The Balaban J connectivity index is 1.47. The third-order valence-electron chi connectivity index (χ3n) is 4.40. The van der Waals surface area contributed by atoms with Crippen LogP contribution in [0.1, 0.15) is 21.5 Å². The highest BCUT2D eigenvalue weighted by Gasteiger charge is 2.18. The van der Waals surface area contributed by atoms with E-state index in [0.29, 0.717) is 24.3 Å². The Bertz CT molecular complexity index is 1090. The van der Waals surface area contributed by atoms with Crippen LogP contribution in [0.4, 0.5) is 0 Å². The van der Waals surface area contributed by atoms with Crippen LogP contribution in [0.5, 0.6) is 0 Å². The summed E-state index contributed by atoms with van der Waals surface area (Å²) in [6, 6.07) is 10.0. The van der Waals surface area contributed by atoms with E-state index < -0.39 is 0 Å². The van der Waals surface area contributed by atoms with Gasteiger partial charge in [0.05, 0.1) is 18.3 Å². The van der Waals surface area contributed by atoms with Gasteiger partial charge < -0.3 is 5.32 Å². The SMILES string of the molecule is Cn1cc(-c2nn(C)cc2C(=O)NCc2cccc(Cn3cccn3)c2)cn1. The lowest BCUT2D eigenvalue weighted by Crippen LogP contribution is -2.23. The lowest BCUT2D eigenvalue weighted by Gasteiger charge is -2.08. The largest absolute Gasteiger partial charge is 0.348 e. The number of nitrogens with zero attached hydrogens (tertiary/aromatic N) is 6. The number of aryl methyl sites for hydroxylation is 2. The molecule has 0 saturated heterocycles. The highest BCUT2D eigenvalue weighted by atomic mass is 16.1. The normalized spacial score (nSPS) is 10.9. The van der Waals surface area contributed by atoms with E-state index in [2.05, 4.69) is 32.7 Å². The zero-order chi connectivity index (χ0) is 19.5. The van der Waals surface area contributed by atoms with E-state index in [9.17, 15) is 4.79 Å². The minimum atomic E-state index is -0.163. The van der Waals surface area contributed by atoms with Crippen molar-refractivity contribution in [3.05, 3.63) is 78.0 Å². The Kier molecular flexibility index (Phi) is 4.76. The number of hydrogen-bond donors (Lipinski definition) is 1. The summed E-state index contributed by atoms with van der Waals surface area (Å²) in [4.78, 5) is 12.8. The summed E-state index contributed by atoms with van der Waals surface area (Å²) in [7, 11) is 3.64. The topological polar surface area (TPSA) is 82.6 Å². The minimum absolute atomic E-state index is 0.163. The minimum Gasteiger partial charge on any atom is -0.348 e. The first-order chi connectivity index (χ1) is 13.6. The highest BCUT2D eigenvalue weighted by Crippen LogP contribution is 2.21. The number of nitrogens with one attached hydrogen (secondary N) is 1. The molecule has 28 heavy (non-hydrogen) atoms. The summed E-state index contributed by atoms with van der Waals surface area (Å²) in [5.74, 6) is -0.163. The molecule has 0 saturated carbocycles. The maximum absolute atomic E-state index is 12.8. The molecule has 0 aliphatic carbocycles. The number of carbonyl (C=O) groups excluding carboxylic acids is 1. The third kappa shape index (κ3) is 3.85. The van der Waals surface area contributed by atoms with E-state index in [0.717, 1.165) is 16.7 Å². The molecule has 3 heterocycles. The predicted molar refractivity (Wildman–Crippen MR) is 104 cm³/mol. The molecule has 0 aliphatic rings. The Morgan fingerprint density at radius 2 is 1.93 bits per heavy atom. The van der Waals surface area contributed by atoms with E-state index in [4.69, 9.17) is 0 Å². The van der Waals surface area contributed by atoms with E-state index in [1.54, 1.807) is 35.0 Å². The van der Waals surface area contributed by atoms with Crippen LogP contribution in [0.25, 0.3) is 11.3 Å². The Labute approximate surface area is 162 Å². The Hall–Kier alpha value is -3.68. The van der Waals surface area contributed by atoms with Gasteiger partial charge in [0.2, 0.25) is 0 Å². The molecule has 1 N–H and O–H groups in total. The molecule has 8 nitrogen and oxygen atoms in total. The standard InChI is InChI=1S/C20H21N7O/c1-25-13-17(11-23-25)19-18(14-26(2)24-19)20(28)21-10-15-5-3-6-16(9-15)12-27-8-4-7-22-27/h3-9,11,13-14H,10,12H2,1-2H3,(H,21,28). The predicted octanol–water partition coefficient (Wildman–Crippen LogP) is 2.00. The van der Waals surface area contributed by atoms with Crippen molar-refractivity contribution in [1.82, 2.24) is 34.7 Å². The summed E-state index contributed by atoms with van der Waals surface area (Å²) in [6.07, 6.45) is 8.97. The van der Waals surface area contributed by atoms with Crippen LogP contribution in [0.15, 0.2) is 61.3 Å². The zero-order valence-electron chi connectivity index (χ0n) is 15.8. The first-order valence-corrected chi connectivity index (χ1v) is 8.94. The fourth-order valence-corrected chi connectivity index (χ4v) is 3.11. The smallest absolute Gasteiger partial charge is 0.255 e. The van der Waals surface area contributed by atoms with Crippen molar-refractivity contribution < 1.29 is 4.79 Å². The van der Waals surface area contributed by atoms with Crippen molar-refractivity contribution in [3.63, 3.8) is 0 Å². The average molecular weight is 375 g/mol. The van der Waals surface area contributed by atoms with Crippen molar-refractivity contribution in [2.45, 2.75) is 13.1 Å². The number of aromatic nitrogens is 6. The van der Waals surface area contributed by atoms with Crippen LogP contribution < -0.4 is 5.32 Å². The van der Waals surface area contributed by atoms with E-state index in [1.807, 2.05) is 42.3 Å². The van der Waals surface area contributed by atoms with Gasteiger partial charge in [-0.3, -0.25) is 18.8 Å². The van der Waals surface area contributed by atoms with Gasteiger partial charge in [-0.2, -0.15) is 15.3 Å². The van der Waals surface area contributed by atoms with Crippen molar-refractivity contribution >= 4 is 5.91 Å². The van der Waals surface area contributed by atoms with Gasteiger partial charge in [-0.05, 0) is 17.2 Å². The molecular weight excluding hydrogens is 354 g/mol. The van der Waals surface area contributed by atoms with Crippen LogP contribution in [0.3, 0.4) is 0 Å². The van der Waals surface area contributed by atoms with Crippen LogP contribution >= 0.6 is 0 Å². The first kappa shape index (κ1) is 17.7. The fourth-order valence-electron chi connectivity index (χ4n) is 3.11. The van der Waals surface area contributed by atoms with Gasteiger partial charge in [-0.25, -0.2) is 0 Å². The van der Waals surface area contributed by atoms with Crippen LogP contribution in [0, 0.1) is 0 Å². The summed E-state index contributed by atoms with van der Waals surface area (Å²) in [5, 5.41) is 15.8. The molecular formula is C20H21N7O. The van der Waals surface area contributed by atoms with E-state index in [1.165, 1.54) is 0 Å². The molecule has 4 rings (SSSR count). The van der Waals surface area contributed by atoms with Crippen LogP contribution in [-0.4, -0.2) is 35.2 Å².